The molecule has 0 fully saturated rings. The second kappa shape index (κ2) is 6.94. The van der Waals surface area contributed by atoms with Crippen LogP contribution in [0.1, 0.15) is 27.0 Å². The van der Waals surface area contributed by atoms with E-state index in [0.717, 1.165) is 6.07 Å². The van der Waals surface area contributed by atoms with E-state index in [4.69, 9.17) is 17.3 Å². The first-order valence-electron chi connectivity index (χ1n) is 6.68. The number of aromatic nitrogens is 1. The first-order chi connectivity index (χ1) is 11.9. The summed E-state index contributed by atoms with van der Waals surface area (Å²) in [4.78, 5) is 18.9. The number of carbonyl (C=O) groups excluding carboxylic acids is 1. The van der Waals surface area contributed by atoms with Gasteiger partial charge in [0.15, 0.2) is 0 Å². The first-order valence-corrected chi connectivity index (χ1v) is 7.05. The van der Waals surface area contributed by atoms with Crippen molar-refractivity contribution in [3.05, 3.63) is 63.9 Å². The Kier molecular flexibility index (Phi) is 5.26. The van der Waals surface area contributed by atoms with Crippen LogP contribution in [0.3, 0.4) is 0 Å². The van der Waals surface area contributed by atoms with Crippen LogP contribution in [-0.2, 0) is 12.4 Å². The molecule has 0 aliphatic rings. The van der Waals surface area contributed by atoms with Crippen molar-refractivity contribution in [2.24, 2.45) is 10.7 Å². The van der Waals surface area contributed by atoms with Gasteiger partial charge in [0.25, 0.3) is 5.91 Å². The molecular weight excluding hydrogens is 388 g/mol. The number of nitrogens with zero attached hydrogens (tertiary/aromatic N) is 2. The maximum Gasteiger partial charge on any atom is 0.416 e. The Hall–Kier alpha value is -2.62. The van der Waals surface area contributed by atoms with E-state index >= 15 is 0 Å². The number of benzene rings is 1. The Morgan fingerprint density at radius 2 is 1.50 bits per heavy atom. The van der Waals surface area contributed by atoms with Crippen molar-refractivity contribution in [3.63, 3.8) is 0 Å². The predicted octanol–water partition coefficient (Wildman–Crippen LogP) is 4.32. The average molecular weight is 396 g/mol. The lowest BCUT2D eigenvalue weighted by Gasteiger charge is -2.14. The highest BCUT2D eigenvalue weighted by Crippen LogP contribution is 2.36. The summed E-state index contributed by atoms with van der Waals surface area (Å²) in [5, 5.41) is -0.0527. The highest BCUT2D eigenvalue weighted by molar-refractivity contribution is 6.29. The minimum Gasteiger partial charge on any atom is -0.383 e. The third-order valence-corrected chi connectivity index (χ3v) is 3.29. The number of hydrogen-bond acceptors (Lipinski definition) is 2. The molecule has 0 aliphatic heterocycles. The van der Waals surface area contributed by atoms with E-state index in [2.05, 4.69) is 9.98 Å². The average Bonchev–Trinajstić information content (AvgIpc) is 2.52. The zero-order valence-corrected chi connectivity index (χ0v) is 13.2. The normalized spacial score (nSPS) is 13.0. The Bertz CT molecular complexity index is 844. The van der Waals surface area contributed by atoms with Crippen molar-refractivity contribution >= 4 is 23.3 Å². The molecule has 4 nitrogen and oxygen atoms in total. The van der Waals surface area contributed by atoms with Crippen molar-refractivity contribution in [3.8, 4) is 0 Å². The van der Waals surface area contributed by atoms with E-state index in [-0.39, 0.29) is 16.8 Å². The van der Waals surface area contributed by atoms with Gasteiger partial charge in [0.1, 0.15) is 11.0 Å². The van der Waals surface area contributed by atoms with Gasteiger partial charge in [-0.3, -0.25) is 4.79 Å². The van der Waals surface area contributed by atoms with Gasteiger partial charge in [-0.15, -0.1) is 0 Å². The van der Waals surface area contributed by atoms with Crippen LogP contribution in [0.5, 0.6) is 0 Å². The number of halogens is 7. The fraction of sp³-hybridized carbons (Fsp3) is 0.133. The Balaban J connectivity index is 2.50. The molecule has 0 saturated carbocycles. The molecule has 0 aliphatic carbocycles. The van der Waals surface area contributed by atoms with Crippen LogP contribution in [0.25, 0.3) is 0 Å². The quantitative estimate of drug-likeness (QED) is 0.356. The van der Waals surface area contributed by atoms with E-state index in [9.17, 15) is 31.1 Å². The SMILES string of the molecule is NC(=NC(=O)c1ccnc(Cl)c1)c1cc(C(F)(F)F)cc(C(F)(F)F)c1. The highest BCUT2D eigenvalue weighted by atomic mass is 35.5. The van der Waals surface area contributed by atoms with E-state index in [1.165, 1.54) is 12.3 Å². The number of carbonyl (C=O) groups is 1. The number of pyridine rings is 1. The van der Waals surface area contributed by atoms with Crippen LogP contribution in [0.4, 0.5) is 26.3 Å². The van der Waals surface area contributed by atoms with Gasteiger partial charge in [0, 0.05) is 17.3 Å². The summed E-state index contributed by atoms with van der Waals surface area (Å²) in [7, 11) is 0. The van der Waals surface area contributed by atoms with E-state index in [0.29, 0.717) is 12.1 Å². The Morgan fingerprint density at radius 3 is 1.96 bits per heavy atom. The zero-order chi connectivity index (χ0) is 19.7. The lowest BCUT2D eigenvalue weighted by Crippen LogP contribution is -2.19. The van der Waals surface area contributed by atoms with Crippen LogP contribution in [0.15, 0.2) is 41.5 Å². The fourth-order valence-electron chi connectivity index (χ4n) is 1.88. The van der Waals surface area contributed by atoms with Crippen LogP contribution in [0, 0.1) is 0 Å². The number of hydrogen-bond donors (Lipinski definition) is 1. The zero-order valence-electron chi connectivity index (χ0n) is 12.5. The van der Waals surface area contributed by atoms with Crippen LogP contribution in [0.2, 0.25) is 5.15 Å². The first kappa shape index (κ1) is 19.7. The molecule has 1 aromatic carbocycles. The summed E-state index contributed by atoms with van der Waals surface area (Å²) in [6.07, 6.45) is -8.91. The number of amidine groups is 1. The number of aliphatic imine (C=N–C) groups is 1. The molecule has 0 unspecified atom stereocenters. The minimum absolute atomic E-state index is 0.0527. The minimum atomic E-state index is -5.04. The maximum absolute atomic E-state index is 12.8. The lowest BCUT2D eigenvalue weighted by atomic mass is 10.0. The third kappa shape index (κ3) is 4.72. The number of amides is 1. The molecule has 0 radical (unpaired) electrons. The Morgan fingerprint density at radius 1 is 0.962 bits per heavy atom. The van der Waals surface area contributed by atoms with Gasteiger partial charge in [-0.05, 0) is 30.3 Å². The summed E-state index contributed by atoms with van der Waals surface area (Å²) >= 11 is 5.59. The summed E-state index contributed by atoms with van der Waals surface area (Å²) in [5.41, 5.74) is 1.52. The third-order valence-electron chi connectivity index (χ3n) is 3.08. The van der Waals surface area contributed by atoms with Crippen molar-refractivity contribution in [1.29, 1.82) is 0 Å². The molecule has 1 aromatic heterocycles. The second-order valence-corrected chi connectivity index (χ2v) is 5.35. The van der Waals surface area contributed by atoms with Gasteiger partial charge in [0.2, 0.25) is 0 Å². The summed E-state index contributed by atoms with van der Waals surface area (Å²) in [6.45, 7) is 0. The molecule has 1 amide bonds. The molecule has 2 aromatic rings. The molecule has 0 atom stereocenters. The van der Waals surface area contributed by atoms with Gasteiger partial charge in [-0.2, -0.15) is 31.3 Å². The molecule has 138 valence electrons. The predicted molar refractivity (Wildman–Crippen MR) is 80.7 cm³/mol. The monoisotopic (exact) mass is 395 g/mol. The van der Waals surface area contributed by atoms with Crippen LogP contribution >= 0.6 is 11.6 Å². The molecule has 1 heterocycles. The van der Waals surface area contributed by atoms with E-state index in [1.807, 2.05) is 0 Å². The second-order valence-electron chi connectivity index (χ2n) is 4.96. The van der Waals surface area contributed by atoms with Crippen LogP contribution in [-0.4, -0.2) is 16.7 Å². The number of alkyl halides is 6. The van der Waals surface area contributed by atoms with Gasteiger partial charge >= 0.3 is 12.4 Å². The van der Waals surface area contributed by atoms with Gasteiger partial charge in [-0.25, -0.2) is 4.98 Å². The molecule has 2 N–H and O–H groups in total. The summed E-state index contributed by atoms with van der Waals surface area (Å²) < 4.78 is 77.0. The van der Waals surface area contributed by atoms with Crippen LogP contribution < -0.4 is 5.73 Å². The molecule has 2 rings (SSSR count). The van der Waals surface area contributed by atoms with E-state index < -0.39 is 40.8 Å². The highest BCUT2D eigenvalue weighted by Gasteiger charge is 2.37. The largest absolute Gasteiger partial charge is 0.416 e. The molecular formula is C15H8ClF6N3O. The molecule has 0 bridgehead atoms. The van der Waals surface area contributed by atoms with Gasteiger partial charge in [-0.1, -0.05) is 11.6 Å². The smallest absolute Gasteiger partial charge is 0.383 e. The molecule has 11 heteroatoms. The number of rotatable bonds is 2. The Labute approximate surface area is 147 Å². The van der Waals surface area contributed by atoms with Crippen molar-refractivity contribution < 1.29 is 31.1 Å². The summed E-state index contributed by atoms with van der Waals surface area (Å²) in [6, 6.07) is 3.02. The molecule has 26 heavy (non-hydrogen) atoms. The lowest BCUT2D eigenvalue weighted by molar-refractivity contribution is -0.143. The molecule has 0 saturated heterocycles. The maximum atomic E-state index is 12.8. The van der Waals surface area contributed by atoms with Crippen molar-refractivity contribution in [2.75, 3.05) is 0 Å². The standard InChI is InChI=1S/C15H8ClF6N3O/c16-11-5-7(1-2-24-11)13(26)25-12(23)8-3-9(14(17,18)19)6-10(4-8)15(20,21)22/h1-6H,(H2,23,25,26). The number of nitrogens with two attached hydrogens (primary N) is 1. The van der Waals surface area contributed by atoms with Gasteiger partial charge < -0.3 is 5.73 Å². The fourth-order valence-corrected chi connectivity index (χ4v) is 2.05. The van der Waals surface area contributed by atoms with Crippen molar-refractivity contribution in [1.82, 2.24) is 4.98 Å². The topological polar surface area (TPSA) is 68.3 Å². The van der Waals surface area contributed by atoms with Gasteiger partial charge in [0.05, 0.1) is 11.1 Å². The van der Waals surface area contributed by atoms with E-state index in [1.54, 1.807) is 0 Å². The summed E-state index contributed by atoms with van der Waals surface area (Å²) in [5.74, 6) is -1.81. The molecule has 0 spiro atoms. The van der Waals surface area contributed by atoms with Crippen molar-refractivity contribution in [2.45, 2.75) is 12.4 Å².